The molecule has 0 radical (unpaired) electrons. The van der Waals surface area contributed by atoms with Crippen LogP contribution in [-0.4, -0.2) is 17.1 Å². The smallest absolute Gasteiger partial charge is 0.203 e. The molecule has 3 N–H and O–H groups in total. The zero-order chi connectivity index (χ0) is 13.7. The number of ether oxygens (including phenoxy) is 1. The summed E-state index contributed by atoms with van der Waals surface area (Å²) in [6.45, 7) is 0.516. The predicted molar refractivity (Wildman–Crippen MR) is 71.5 cm³/mol. The maximum Gasteiger partial charge on any atom is 0.203 e. The first-order valence-electron chi connectivity index (χ1n) is 5.62. The zero-order valence-electron chi connectivity index (χ0n) is 10.4. The fourth-order valence-corrected chi connectivity index (χ4v) is 1.65. The van der Waals surface area contributed by atoms with Crippen LogP contribution in [0.4, 0.5) is 11.6 Å². The highest BCUT2D eigenvalue weighted by molar-refractivity contribution is 5.61. The summed E-state index contributed by atoms with van der Waals surface area (Å²) in [6, 6.07) is 9.42. The third kappa shape index (κ3) is 2.90. The van der Waals surface area contributed by atoms with Crippen molar-refractivity contribution >= 4 is 11.6 Å². The van der Waals surface area contributed by atoms with Gasteiger partial charge in [-0.1, -0.05) is 12.1 Å². The number of aromatic nitrogens is 2. The number of hydrogen-bond acceptors (Lipinski definition) is 6. The molecule has 0 amide bonds. The Labute approximate surface area is 110 Å². The molecule has 0 saturated carbocycles. The molecule has 0 unspecified atom stereocenters. The molecule has 0 atom stereocenters. The minimum Gasteiger partial charge on any atom is -0.490 e. The molecule has 0 bridgehead atoms. The molecule has 2 rings (SSSR count). The van der Waals surface area contributed by atoms with Crippen LogP contribution in [0.1, 0.15) is 11.1 Å². The first-order chi connectivity index (χ1) is 9.24. The molecule has 6 nitrogen and oxygen atoms in total. The van der Waals surface area contributed by atoms with Gasteiger partial charge in [0.15, 0.2) is 11.6 Å². The lowest BCUT2D eigenvalue weighted by molar-refractivity contribution is 0.415. The summed E-state index contributed by atoms with van der Waals surface area (Å²) in [5.41, 5.74) is 7.28. The molecular formula is C13H13N5O. The van der Waals surface area contributed by atoms with E-state index < -0.39 is 0 Å². The van der Waals surface area contributed by atoms with Gasteiger partial charge < -0.3 is 15.8 Å². The Balaban J connectivity index is 2.15. The fourth-order valence-electron chi connectivity index (χ4n) is 1.65. The van der Waals surface area contributed by atoms with E-state index in [4.69, 9.17) is 15.7 Å². The lowest BCUT2D eigenvalue weighted by Gasteiger charge is -2.11. The highest BCUT2D eigenvalue weighted by Gasteiger charge is 2.08. The van der Waals surface area contributed by atoms with Crippen LogP contribution in [0, 0.1) is 11.3 Å². The average Bonchev–Trinajstić information content (AvgIpc) is 2.45. The third-order valence-electron chi connectivity index (χ3n) is 2.55. The Morgan fingerprint density at radius 2 is 2.26 bits per heavy atom. The monoisotopic (exact) mass is 255 g/mol. The highest BCUT2D eigenvalue weighted by atomic mass is 16.5. The van der Waals surface area contributed by atoms with Crippen molar-refractivity contribution in [2.45, 2.75) is 6.54 Å². The van der Waals surface area contributed by atoms with Gasteiger partial charge in [0.2, 0.25) is 5.75 Å². The minimum absolute atomic E-state index is 0.283. The van der Waals surface area contributed by atoms with Crippen molar-refractivity contribution in [3.05, 3.63) is 41.7 Å². The standard InChI is InChI=1S/C13H13N5O/c1-19-11-12(15)17-8-18-13(11)16-7-10-4-2-3-9(5-10)6-14/h2-5,8H,7H2,1H3,(H3,15,16,17,18). The number of nitrogen functional groups attached to an aromatic ring is 1. The van der Waals surface area contributed by atoms with Crippen molar-refractivity contribution in [2.75, 3.05) is 18.2 Å². The molecule has 0 aliphatic heterocycles. The van der Waals surface area contributed by atoms with Gasteiger partial charge >= 0.3 is 0 Å². The molecular weight excluding hydrogens is 242 g/mol. The normalized spacial score (nSPS) is 9.68. The van der Waals surface area contributed by atoms with Crippen LogP contribution in [-0.2, 0) is 6.54 Å². The third-order valence-corrected chi connectivity index (χ3v) is 2.55. The number of nitrogens with one attached hydrogen (secondary N) is 1. The summed E-state index contributed by atoms with van der Waals surface area (Å²) in [6.07, 6.45) is 1.37. The van der Waals surface area contributed by atoms with E-state index in [1.165, 1.54) is 13.4 Å². The van der Waals surface area contributed by atoms with E-state index in [-0.39, 0.29) is 5.82 Å². The second kappa shape index (κ2) is 5.69. The number of nitriles is 1. The maximum atomic E-state index is 8.84. The van der Waals surface area contributed by atoms with E-state index in [2.05, 4.69) is 21.4 Å². The van der Waals surface area contributed by atoms with Crippen LogP contribution in [0.5, 0.6) is 5.75 Å². The molecule has 0 saturated heterocycles. The van der Waals surface area contributed by atoms with E-state index in [9.17, 15) is 0 Å². The molecule has 0 fully saturated rings. The highest BCUT2D eigenvalue weighted by Crippen LogP contribution is 2.26. The Bertz CT molecular complexity index is 621. The molecule has 0 aliphatic carbocycles. The first kappa shape index (κ1) is 12.6. The molecule has 96 valence electrons. The van der Waals surface area contributed by atoms with Crippen molar-refractivity contribution < 1.29 is 4.74 Å². The molecule has 0 aliphatic rings. The van der Waals surface area contributed by atoms with E-state index in [1.807, 2.05) is 18.2 Å². The molecule has 1 heterocycles. The summed E-state index contributed by atoms with van der Waals surface area (Å²) in [7, 11) is 1.51. The number of hydrogen-bond donors (Lipinski definition) is 2. The van der Waals surface area contributed by atoms with Gasteiger partial charge in [-0.05, 0) is 17.7 Å². The topological polar surface area (TPSA) is 96.8 Å². The van der Waals surface area contributed by atoms with Crippen LogP contribution in [0.25, 0.3) is 0 Å². The Hall–Kier alpha value is -2.81. The van der Waals surface area contributed by atoms with Gasteiger partial charge in [-0.25, -0.2) is 9.97 Å². The van der Waals surface area contributed by atoms with Crippen molar-refractivity contribution in [2.24, 2.45) is 0 Å². The zero-order valence-corrected chi connectivity index (χ0v) is 10.4. The second-order valence-electron chi connectivity index (χ2n) is 3.81. The molecule has 19 heavy (non-hydrogen) atoms. The lowest BCUT2D eigenvalue weighted by Crippen LogP contribution is -2.06. The van der Waals surface area contributed by atoms with Gasteiger partial charge in [-0.2, -0.15) is 5.26 Å². The van der Waals surface area contributed by atoms with Crippen LogP contribution in [0.15, 0.2) is 30.6 Å². The summed E-state index contributed by atoms with van der Waals surface area (Å²) in [4.78, 5) is 7.93. The number of benzene rings is 1. The first-order valence-corrected chi connectivity index (χ1v) is 5.62. The van der Waals surface area contributed by atoms with Gasteiger partial charge in [-0.15, -0.1) is 0 Å². The Morgan fingerprint density at radius 1 is 1.42 bits per heavy atom. The van der Waals surface area contributed by atoms with Crippen molar-refractivity contribution in [3.63, 3.8) is 0 Å². The van der Waals surface area contributed by atoms with Crippen LogP contribution < -0.4 is 15.8 Å². The van der Waals surface area contributed by atoms with Gasteiger partial charge in [-0.3, -0.25) is 0 Å². The van der Waals surface area contributed by atoms with E-state index in [1.54, 1.807) is 6.07 Å². The Kier molecular flexibility index (Phi) is 3.78. The Morgan fingerprint density at radius 3 is 3.00 bits per heavy atom. The lowest BCUT2D eigenvalue weighted by atomic mass is 10.1. The van der Waals surface area contributed by atoms with Crippen LogP contribution in [0.2, 0.25) is 0 Å². The summed E-state index contributed by atoms with van der Waals surface area (Å²) in [5, 5.41) is 11.9. The van der Waals surface area contributed by atoms with E-state index in [0.29, 0.717) is 23.7 Å². The second-order valence-corrected chi connectivity index (χ2v) is 3.81. The van der Waals surface area contributed by atoms with Gasteiger partial charge in [0.25, 0.3) is 0 Å². The van der Waals surface area contributed by atoms with Gasteiger partial charge in [0.1, 0.15) is 6.33 Å². The maximum absolute atomic E-state index is 8.84. The predicted octanol–water partition coefficient (Wildman–Crippen LogP) is 1.55. The van der Waals surface area contributed by atoms with Crippen molar-refractivity contribution in [1.29, 1.82) is 5.26 Å². The number of anilines is 2. The molecule has 1 aromatic carbocycles. The molecule has 6 heteroatoms. The van der Waals surface area contributed by atoms with Crippen LogP contribution in [0.3, 0.4) is 0 Å². The quantitative estimate of drug-likeness (QED) is 0.860. The average molecular weight is 255 g/mol. The van der Waals surface area contributed by atoms with Gasteiger partial charge in [0.05, 0.1) is 18.7 Å². The summed E-state index contributed by atoms with van der Waals surface area (Å²) in [5.74, 6) is 1.22. The van der Waals surface area contributed by atoms with E-state index in [0.717, 1.165) is 5.56 Å². The number of rotatable bonds is 4. The number of methoxy groups -OCH3 is 1. The van der Waals surface area contributed by atoms with Crippen LogP contribution >= 0.6 is 0 Å². The number of nitrogens with zero attached hydrogens (tertiary/aromatic N) is 3. The van der Waals surface area contributed by atoms with Crippen molar-refractivity contribution in [1.82, 2.24) is 9.97 Å². The largest absolute Gasteiger partial charge is 0.490 e. The SMILES string of the molecule is COc1c(N)ncnc1NCc1cccc(C#N)c1. The molecule has 1 aromatic heterocycles. The van der Waals surface area contributed by atoms with Gasteiger partial charge in [0, 0.05) is 6.54 Å². The molecule has 0 spiro atoms. The van der Waals surface area contributed by atoms with Crippen molar-refractivity contribution in [3.8, 4) is 11.8 Å². The summed E-state index contributed by atoms with van der Waals surface area (Å²) >= 11 is 0. The minimum atomic E-state index is 0.283. The molecule has 2 aromatic rings. The summed E-state index contributed by atoms with van der Waals surface area (Å²) < 4.78 is 5.14. The fraction of sp³-hybridized carbons (Fsp3) is 0.154. The number of nitrogens with two attached hydrogens (primary N) is 1. The van der Waals surface area contributed by atoms with E-state index >= 15 is 0 Å².